The highest BCUT2D eigenvalue weighted by Gasteiger charge is 2.41. The number of hydrogen-bond acceptors (Lipinski definition) is 3. The van der Waals surface area contributed by atoms with Crippen molar-refractivity contribution in [3.8, 4) is 0 Å². The molecule has 0 aromatic carbocycles. The Balaban J connectivity index is 1.79. The summed E-state index contributed by atoms with van der Waals surface area (Å²) in [5.41, 5.74) is 1.34. The van der Waals surface area contributed by atoms with E-state index in [0.717, 1.165) is 25.0 Å². The summed E-state index contributed by atoms with van der Waals surface area (Å²) >= 11 is 0. The maximum absolute atomic E-state index is 12.2. The Hall–Kier alpha value is -1.20. The lowest BCUT2D eigenvalue weighted by atomic mass is 9.87. The predicted octanol–water partition coefficient (Wildman–Crippen LogP) is 3.47. The van der Waals surface area contributed by atoms with Crippen molar-refractivity contribution in [3.63, 3.8) is 0 Å². The third kappa shape index (κ3) is 3.64. The number of piperidine rings is 1. The van der Waals surface area contributed by atoms with Crippen LogP contribution < -0.4 is 0 Å². The lowest BCUT2D eigenvalue weighted by molar-refractivity contribution is -0.135. The smallest absolute Gasteiger partial charge is 0.389 e. The van der Waals surface area contributed by atoms with Crippen LogP contribution in [0.4, 0.5) is 13.2 Å². The van der Waals surface area contributed by atoms with Gasteiger partial charge in [0.2, 0.25) is 0 Å². The fraction of sp³-hybridized carbons (Fsp3) is 0.769. The minimum absolute atomic E-state index is 0.0209. The van der Waals surface area contributed by atoms with Gasteiger partial charge in [0.1, 0.15) is 5.60 Å². The average molecular weight is 276 g/mol. The maximum Gasteiger partial charge on any atom is 0.389 e. The lowest BCUT2D eigenvalue weighted by Gasteiger charge is -2.39. The second-order valence-electron chi connectivity index (χ2n) is 5.45. The quantitative estimate of drug-likeness (QED) is 0.788. The number of hydrogen-bond donors (Lipinski definition) is 0. The zero-order valence-corrected chi connectivity index (χ0v) is 11.1. The van der Waals surface area contributed by atoms with Crippen molar-refractivity contribution in [2.45, 2.75) is 50.8 Å². The molecule has 0 N–H and O–H groups in total. The molecule has 0 amide bonds. The van der Waals surface area contributed by atoms with E-state index in [0.29, 0.717) is 18.8 Å². The number of likely N-dealkylation sites (tertiary alicyclic amines) is 1. The zero-order chi connectivity index (χ0) is 14.1. The van der Waals surface area contributed by atoms with Crippen LogP contribution in [0.25, 0.3) is 0 Å². The van der Waals surface area contributed by atoms with E-state index in [1.807, 2.05) is 11.8 Å². The summed E-state index contributed by atoms with van der Waals surface area (Å²) in [7, 11) is 0. The first-order valence-electron chi connectivity index (χ1n) is 6.51. The first-order valence-corrected chi connectivity index (χ1v) is 6.51. The van der Waals surface area contributed by atoms with Crippen LogP contribution >= 0.6 is 0 Å². The van der Waals surface area contributed by atoms with Crippen molar-refractivity contribution >= 4 is 5.71 Å². The van der Waals surface area contributed by atoms with Crippen LogP contribution in [0.2, 0.25) is 0 Å². The third-order valence-electron chi connectivity index (χ3n) is 3.79. The van der Waals surface area contributed by atoms with Crippen molar-refractivity contribution in [2.75, 3.05) is 13.1 Å². The van der Waals surface area contributed by atoms with E-state index in [1.165, 1.54) is 0 Å². The van der Waals surface area contributed by atoms with Gasteiger partial charge in [-0.3, -0.25) is 0 Å². The van der Waals surface area contributed by atoms with Crippen LogP contribution in [0, 0.1) is 0 Å². The zero-order valence-electron chi connectivity index (χ0n) is 11.1. The van der Waals surface area contributed by atoms with Gasteiger partial charge in [-0.05, 0) is 13.3 Å². The molecule has 0 aromatic heterocycles. The van der Waals surface area contributed by atoms with Crippen molar-refractivity contribution < 1.29 is 18.0 Å². The van der Waals surface area contributed by atoms with Gasteiger partial charge in [-0.25, -0.2) is 0 Å². The Labute approximate surface area is 111 Å². The number of oxime groups is 1. The van der Waals surface area contributed by atoms with Gasteiger partial charge in [-0.15, -0.1) is 0 Å². The second kappa shape index (κ2) is 5.06. The molecule has 1 fully saturated rings. The summed E-state index contributed by atoms with van der Waals surface area (Å²) in [6.07, 6.45) is -2.52. The molecule has 2 aliphatic heterocycles. The largest absolute Gasteiger partial charge is 0.389 e. The van der Waals surface area contributed by atoms with E-state index in [9.17, 15) is 13.2 Å². The molecule has 0 unspecified atom stereocenters. The molecule has 2 rings (SSSR count). The molecule has 1 spiro atoms. The Bertz CT molecular complexity index is 382. The third-order valence-corrected chi connectivity index (χ3v) is 3.79. The molecular weight excluding hydrogens is 257 g/mol. The Kier molecular flexibility index (Phi) is 3.78. The van der Waals surface area contributed by atoms with Gasteiger partial charge in [0.15, 0.2) is 0 Å². The highest BCUT2D eigenvalue weighted by Crippen LogP contribution is 2.36. The number of nitrogens with zero attached hydrogens (tertiary/aromatic N) is 2. The predicted molar refractivity (Wildman–Crippen MR) is 66.8 cm³/mol. The van der Waals surface area contributed by atoms with Crippen LogP contribution in [0.5, 0.6) is 0 Å². The molecule has 1 saturated heterocycles. The molecule has 0 atom stereocenters. The molecule has 2 heterocycles. The molecule has 19 heavy (non-hydrogen) atoms. The van der Waals surface area contributed by atoms with Crippen LogP contribution in [-0.2, 0) is 4.84 Å². The fourth-order valence-electron chi connectivity index (χ4n) is 2.65. The van der Waals surface area contributed by atoms with E-state index in [1.54, 1.807) is 0 Å². The van der Waals surface area contributed by atoms with Gasteiger partial charge in [0.05, 0.1) is 5.71 Å². The highest BCUT2D eigenvalue weighted by molar-refractivity contribution is 5.83. The van der Waals surface area contributed by atoms with Gasteiger partial charge in [-0.1, -0.05) is 11.7 Å². The Morgan fingerprint density at radius 2 is 2.05 bits per heavy atom. The van der Waals surface area contributed by atoms with Crippen LogP contribution in [0.1, 0.15) is 39.0 Å². The van der Waals surface area contributed by atoms with Crippen LogP contribution in [0.15, 0.2) is 17.4 Å². The van der Waals surface area contributed by atoms with E-state index in [4.69, 9.17) is 4.84 Å². The van der Waals surface area contributed by atoms with Crippen molar-refractivity contribution in [3.05, 3.63) is 12.3 Å². The number of halogens is 3. The molecule has 2 aliphatic rings. The maximum atomic E-state index is 12.2. The SMILES string of the molecule is C=C(CCC(F)(F)F)N1CCC2(CC1)CC(C)=NO2. The fourth-order valence-corrected chi connectivity index (χ4v) is 2.65. The molecule has 6 heteroatoms. The molecular formula is C13H19F3N2O. The van der Waals surface area contributed by atoms with Crippen molar-refractivity contribution in [1.29, 1.82) is 0 Å². The van der Waals surface area contributed by atoms with Crippen molar-refractivity contribution in [2.24, 2.45) is 5.16 Å². The Morgan fingerprint density at radius 1 is 1.42 bits per heavy atom. The number of rotatable bonds is 3. The molecule has 3 nitrogen and oxygen atoms in total. The first kappa shape index (κ1) is 14.2. The molecule has 0 aliphatic carbocycles. The minimum Gasteiger partial charge on any atom is -0.389 e. The van der Waals surface area contributed by atoms with Gasteiger partial charge in [0.25, 0.3) is 0 Å². The topological polar surface area (TPSA) is 24.8 Å². The van der Waals surface area contributed by atoms with Crippen molar-refractivity contribution in [1.82, 2.24) is 4.90 Å². The molecule has 0 radical (unpaired) electrons. The van der Waals surface area contributed by atoms with Gasteiger partial charge < -0.3 is 9.74 Å². The first-order chi connectivity index (χ1) is 8.80. The highest BCUT2D eigenvalue weighted by atomic mass is 19.4. The summed E-state index contributed by atoms with van der Waals surface area (Å²) in [6, 6.07) is 0. The summed E-state index contributed by atoms with van der Waals surface area (Å²) < 4.78 is 36.5. The normalized spacial score (nSPS) is 22.3. The van der Waals surface area contributed by atoms with E-state index in [2.05, 4.69) is 11.7 Å². The molecule has 0 saturated carbocycles. The summed E-state index contributed by atoms with van der Waals surface area (Å²) in [5.74, 6) is 0. The van der Waals surface area contributed by atoms with E-state index >= 15 is 0 Å². The van der Waals surface area contributed by atoms with Gasteiger partial charge >= 0.3 is 6.18 Å². The van der Waals surface area contributed by atoms with Crippen LogP contribution in [0.3, 0.4) is 0 Å². The number of allylic oxidation sites excluding steroid dienone is 1. The van der Waals surface area contributed by atoms with E-state index < -0.39 is 12.6 Å². The number of alkyl halides is 3. The summed E-state index contributed by atoms with van der Waals surface area (Å²) in [6.45, 7) is 7.09. The second-order valence-corrected chi connectivity index (χ2v) is 5.45. The van der Waals surface area contributed by atoms with E-state index in [-0.39, 0.29) is 12.0 Å². The monoisotopic (exact) mass is 276 g/mol. The molecule has 0 bridgehead atoms. The Morgan fingerprint density at radius 3 is 2.53 bits per heavy atom. The van der Waals surface area contributed by atoms with Gasteiger partial charge in [-0.2, -0.15) is 13.2 Å². The summed E-state index contributed by atoms with van der Waals surface area (Å²) in [5, 5.41) is 3.98. The molecule has 108 valence electrons. The van der Waals surface area contributed by atoms with Gasteiger partial charge in [0, 0.05) is 44.5 Å². The standard InChI is InChI=1S/C13H19F3N2O/c1-10-9-12(19-17-10)5-7-18(8-6-12)11(2)3-4-13(14,15)16/h2-9H2,1H3. The molecule has 0 aromatic rings. The summed E-state index contributed by atoms with van der Waals surface area (Å²) in [4.78, 5) is 7.43. The average Bonchev–Trinajstić information content (AvgIpc) is 2.68. The minimum atomic E-state index is -4.11. The lowest BCUT2D eigenvalue weighted by Crippen LogP contribution is -2.44. The van der Waals surface area contributed by atoms with Crippen LogP contribution in [-0.4, -0.2) is 35.5 Å².